The maximum absolute atomic E-state index is 11.6. The molecule has 0 saturated heterocycles. The highest BCUT2D eigenvalue weighted by molar-refractivity contribution is 5.98. The third kappa shape index (κ3) is 1.32. The number of fused-ring (bicyclic) bond motifs is 1. The topological polar surface area (TPSA) is 62.3 Å². The standard InChI is InChI=1S/C9H9N3O2/c1-6(13)11-12-5-8-7(9(12)14)3-2-4-10-8/h2-4H,5H2,1H3,(H,11,13). The number of pyridine rings is 1. The van der Waals surface area contributed by atoms with Crippen molar-refractivity contribution in [1.29, 1.82) is 0 Å². The largest absolute Gasteiger partial charge is 0.274 e. The third-order valence-electron chi connectivity index (χ3n) is 1.97. The zero-order chi connectivity index (χ0) is 10.1. The summed E-state index contributed by atoms with van der Waals surface area (Å²) < 4.78 is 0. The number of carbonyl (C=O) groups is 2. The summed E-state index contributed by atoms with van der Waals surface area (Å²) in [5.74, 6) is -0.463. The van der Waals surface area contributed by atoms with E-state index in [1.807, 2.05) is 0 Å². The fraction of sp³-hybridized carbons (Fsp3) is 0.222. The second-order valence-corrected chi connectivity index (χ2v) is 3.06. The van der Waals surface area contributed by atoms with Crippen molar-refractivity contribution in [3.05, 3.63) is 29.6 Å². The zero-order valence-electron chi connectivity index (χ0n) is 7.65. The highest BCUT2D eigenvalue weighted by Crippen LogP contribution is 2.17. The molecule has 0 fully saturated rings. The van der Waals surface area contributed by atoms with Crippen molar-refractivity contribution in [2.75, 3.05) is 0 Å². The molecule has 0 aliphatic carbocycles. The van der Waals surface area contributed by atoms with Crippen molar-refractivity contribution in [3.8, 4) is 0 Å². The first kappa shape index (κ1) is 8.68. The summed E-state index contributed by atoms with van der Waals surface area (Å²) in [5, 5.41) is 1.26. The van der Waals surface area contributed by atoms with Crippen LogP contribution in [0.3, 0.4) is 0 Å². The molecular weight excluding hydrogens is 182 g/mol. The summed E-state index contributed by atoms with van der Waals surface area (Å²) in [4.78, 5) is 26.4. The van der Waals surface area contributed by atoms with Crippen molar-refractivity contribution >= 4 is 11.8 Å². The molecule has 5 heteroatoms. The van der Waals surface area contributed by atoms with Crippen LogP contribution in [0, 0.1) is 0 Å². The molecule has 14 heavy (non-hydrogen) atoms. The van der Waals surface area contributed by atoms with E-state index >= 15 is 0 Å². The van der Waals surface area contributed by atoms with Gasteiger partial charge in [0, 0.05) is 13.1 Å². The molecule has 0 atom stereocenters. The van der Waals surface area contributed by atoms with Crippen LogP contribution < -0.4 is 5.43 Å². The lowest BCUT2D eigenvalue weighted by molar-refractivity contribution is -0.122. The number of nitrogens with one attached hydrogen (secondary N) is 1. The van der Waals surface area contributed by atoms with E-state index in [1.165, 1.54) is 11.9 Å². The predicted octanol–water partition coefficient (Wildman–Crippen LogP) is 0.0885. The van der Waals surface area contributed by atoms with Crippen LogP contribution in [0.1, 0.15) is 23.0 Å². The normalized spacial score (nSPS) is 14.1. The van der Waals surface area contributed by atoms with Gasteiger partial charge in [-0.05, 0) is 12.1 Å². The number of nitrogens with zero attached hydrogens (tertiary/aromatic N) is 2. The van der Waals surface area contributed by atoms with Gasteiger partial charge in [0.1, 0.15) is 0 Å². The summed E-state index contributed by atoms with van der Waals surface area (Å²) in [7, 11) is 0. The van der Waals surface area contributed by atoms with Crippen LogP contribution in [0.2, 0.25) is 0 Å². The summed E-state index contributed by atoms with van der Waals surface area (Å²) in [6.07, 6.45) is 1.63. The van der Waals surface area contributed by atoms with Gasteiger partial charge in [-0.2, -0.15) is 0 Å². The lowest BCUT2D eigenvalue weighted by Crippen LogP contribution is -2.40. The van der Waals surface area contributed by atoms with Crippen LogP contribution in [0.5, 0.6) is 0 Å². The van der Waals surface area contributed by atoms with E-state index in [2.05, 4.69) is 10.4 Å². The molecule has 0 spiro atoms. The minimum absolute atomic E-state index is 0.205. The maximum Gasteiger partial charge on any atom is 0.274 e. The van der Waals surface area contributed by atoms with Gasteiger partial charge >= 0.3 is 0 Å². The van der Waals surface area contributed by atoms with Crippen molar-refractivity contribution in [2.45, 2.75) is 13.5 Å². The average Bonchev–Trinajstić information content (AvgIpc) is 2.44. The highest BCUT2D eigenvalue weighted by atomic mass is 16.2. The zero-order valence-corrected chi connectivity index (χ0v) is 7.65. The number of aromatic nitrogens is 1. The van der Waals surface area contributed by atoms with Crippen LogP contribution in [0.25, 0.3) is 0 Å². The van der Waals surface area contributed by atoms with E-state index in [9.17, 15) is 9.59 Å². The molecule has 1 aliphatic heterocycles. The molecule has 72 valence electrons. The van der Waals surface area contributed by atoms with E-state index < -0.39 is 0 Å². The van der Waals surface area contributed by atoms with Crippen molar-refractivity contribution in [2.24, 2.45) is 0 Å². The molecule has 1 N–H and O–H groups in total. The molecule has 2 amide bonds. The number of rotatable bonds is 1. The number of carbonyl (C=O) groups excluding carboxylic acids is 2. The van der Waals surface area contributed by atoms with Crippen molar-refractivity contribution in [3.63, 3.8) is 0 Å². The van der Waals surface area contributed by atoms with E-state index in [-0.39, 0.29) is 11.8 Å². The summed E-state index contributed by atoms with van der Waals surface area (Å²) in [6.45, 7) is 1.71. The second-order valence-electron chi connectivity index (χ2n) is 3.06. The van der Waals surface area contributed by atoms with Gasteiger partial charge in [-0.1, -0.05) is 0 Å². The Morgan fingerprint density at radius 2 is 2.43 bits per heavy atom. The molecule has 2 rings (SSSR count). The fourth-order valence-electron chi connectivity index (χ4n) is 1.41. The maximum atomic E-state index is 11.6. The highest BCUT2D eigenvalue weighted by Gasteiger charge is 2.28. The quantitative estimate of drug-likeness (QED) is 0.684. The Hall–Kier alpha value is -1.91. The Labute approximate surface area is 80.7 Å². The molecule has 2 heterocycles. The van der Waals surface area contributed by atoms with E-state index in [0.29, 0.717) is 17.8 Å². The summed E-state index contributed by atoms with van der Waals surface area (Å²) >= 11 is 0. The lowest BCUT2D eigenvalue weighted by atomic mass is 10.2. The Morgan fingerprint density at radius 3 is 3.07 bits per heavy atom. The Morgan fingerprint density at radius 1 is 1.64 bits per heavy atom. The van der Waals surface area contributed by atoms with E-state index in [4.69, 9.17) is 0 Å². The Bertz CT molecular complexity index is 403. The molecule has 0 saturated carbocycles. The SMILES string of the molecule is CC(=O)NN1Cc2ncccc2C1=O. The van der Waals surface area contributed by atoms with Crippen LogP contribution in [0.15, 0.2) is 18.3 Å². The van der Waals surface area contributed by atoms with Gasteiger partial charge in [0.05, 0.1) is 17.8 Å². The molecule has 5 nitrogen and oxygen atoms in total. The molecule has 0 aromatic carbocycles. The number of hydrogen-bond donors (Lipinski definition) is 1. The lowest BCUT2D eigenvalue weighted by Gasteiger charge is -2.14. The Kier molecular flexibility index (Phi) is 1.92. The molecule has 0 radical (unpaired) electrons. The molecule has 0 bridgehead atoms. The molecular formula is C9H9N3O2. The molecule has 0 unspecified atom stereocenters. The number of hydrazine groups is 1. The van der Waals surface area contributed by atoms with Crippen molar-refractivity contribution < 1.29 is 9.59 Å². The minimum atomic E-state index is -0.258. The number of hydrogen-bond acceptors (Lipinski definition) is 3. The summed E-state index contributed by atoms with van der Waals surface area (Å²) in [5.41, 5.74) is 3.70. The fourth-order valence-corrected chi connectivity index (χ4v) is 1.41. The molecule has 1 aromatic rings. The second kappa shape index (κ2) is 3.10. The van der Waals surface area contributed by atoms with Gasteiger partial charge in [0.15, 0.2) is 0 Å². The van der Waals surface area contributed by atoms with Crippen molar-refractivity contribution in [1.82, 2.24) is 15.4 Å². The van der Waals surface area contributed by atoms with E-state index in [1.54, 1.807) is 18.3 Å². The monoisotopic (exact) mass is 191 g/mol. The van der Waals surface area contributed by atoms with Gasteiger partial charge in [-0.15, -0.1) is 0 Å². The minimum Gasteiger partial charge on any atom is -0.274 e. The van der Waals surface area contributed by atoms with Gasteiger partial charge in [0.25, 0.3) is 5.91 Å². The Balaban J connectivity index is 2.26. The van der Waals surface area contributed by atoms with Gasteiger partial charge in [0.2, 0.25) is 5.91 Å². The molecule has 1 aliphatic rings. The predicted molar refractivity (Wildman–Crippen MR) is 47.9 cm³/mol. The van der Waals surface area contributed by atoms with Crippen LogP contribution in [-0.2, 0) is 11.3 Å². The van der Waals surface area contributed by atoms with Crippen LogP contribution in [0.4, 0.5) is 0 Å². The first-order valence-corrected chi connectivity index (χ1v) is 4.21. The van der Waals surface area contributed by atoms with Gasteiger partial charge in [-0.3, -0.25) is 20.0 Å². The number of amides is 2. The first-order valence-electron chi connectivity index (χ1n) is 4.21. The van der Waals surface area contributed by atoms with Crippen LogP contribution in [-0.4, -0.2) is 21.8 Å². The first-order chi connectivity index (χ1) is 6.68. The van der Waals surface area contributed by atoms with Gasteiger partial charge in [-0.25, -0.2) is 5.01 Å². The average molecular weight is 191 g/mol. The van der Waals surface area contributed by atoms with E-state index in [0.717, 1.165) is 0 Å². The van der Waals surface area contributed by atoms with Crippen LogP contribution >= 0.6 is 0 Å². The third-order valence-corrected chi connectivity index (χ3v) is 1.97. The van der Waals surface area contributed by atoms with Gasteiger partial charge < -0.3 is 0 Å². The smallest absolute Gasteiger partial charge is 0.274 e. The summed E-state index contributed by atoms with van der Waals surface area (Å²) in [6, 6.07) is 3.40. The molecule has 1 aromatic heterocycles.